The van der Waals surface area contributed by atoms with Crippen LogP contribution in [0.15, 0.2) is 48.5 Å². The minimum absolute atomic E-state index is 0. The van der Waals surface area contributed by atoms with E-state index < -0.39 is 5.60 Å². The first-order chi connectivity index (χ1) is 14.5. The number of nitriles is 1. The molecule has 1 aliphatic rings. The van der Waals surface area contributed by atoms with Crippen LogP contribution in [-0.4, -0.2) is 55.4 Å². The summed E-state index contributed by atoms with van der Waals surface area (Å²) < 4.78 is 5.50. The van der Waals surface area contributed by atoms with E-state index in [-0.39, 0.29) is 24.8 Å². The van der Waals surface area contributed by atoms with Gasteiger partial charge in [0.05, 0.1) is 23.8 Å². The van der Waals surface area contributed by atoms with E-state index in [1.54, 1.807) is 0 Å². The van der Waals surface area contributed by atoms with Crippen LogP contribution in [0.4, 0.5) is 5.69 Å². The second kappa shape index (κ2) is 13.5. The Morgan fingerprint density at radius 3 is 2.25 bits per heavy atom. The number of ether oxygens (including phenoxy) is 1. The van der Waals surface area contributed by atoms with Crippen LogP contribution in [0.25, 0.3) is 0 Å². The first-order valence-corrected chi connectivity index (χ1v) is 10.9. The molecule has 0 bridgehead atoms. The number of anilines is 1. The molecule has 176 valence electrons. The van der Waals surface area contributed by atoms with Gasteiger partial charge in [0, 0.05) is 38.9 Å². The Balaban J connectivity index is 0.00000256. The highest BCUT2D eigenvalue weighted by molar-refractivity contribution is 5.85. The molecule has 0 spiro atoms. The molecule has 0 saturated carbocycles. The zero-order valence-corrected chi connectivity index (χ0v) is 20.6. The lowest BCUT2D eigenvalue weighted by atomic mass is 9.88. The number of nitrogens with zero attached hydrogens (tertiary/aromatic N) is 3. The summed E-state index contributed by atoms with van der Waals surface area (Å²) in [5.74, 6) is 0.890. The van der Waals surface area contributed by atoms with Crippen LogP contribution < -0.4 is 9.64 Å². The van der Waals surface area contributed by atoms with Crippen molar-refractivity contribution in [3.8, 4) is 11.8 Å². The van der Waals surface area contributed by atoms with Crippen LogP contribution >= 0.6 is 24.8 Å². The SMILES string of the molecule is CCOc1ccc(N(C)CCC2(O)CCN(CCc3ccc(C#N)cc3)CC2)cc1.Cl.Cl. The van der Waals surface area contributed by atoms with Crippen molar-refractivity contribution in [2.75, 3.05) is 44.7 Å². The smallest absolute Gasteiger partial charge is 0.119 e. The third-order valence-corrected chi connectivity index (χ3v) is 6.09. The van der Waals surface area contributed by atoms with Crippen LogP contribution in [0, 0.1) is 11.3 Å². The molecule has 32 heavy (non-hydrogen) atoms. The van der Waals surface area contributed by atoms with Gasteiger partial charge in [0.1, 0.15) is 5.75 Å². The van der Waals surface area contributed by atoms with Crippen molar-refractivity contribution in [1.29, 1.82) is 5.26 Å². The van der Waals surface area contributed by atoms with Gasteiger partial charge in [0.2, 0.25) is 0 Å². The maximum Gasteiger partial charge on any atom is 0.119 e. The van der Waals surface area contributed by atoms with Crippen molar-refractivity contribution in [3.05, 3.63) is 59.7 Å². The van der Waals surface area contributed by atoms with Crippen molar-refractivity contribution < 1.29 is 9.84 Å². The van der Waals surface area contributed by atoms with Crippen molar-refractivity contribution in [1.82, 2.24) is 4.90 Å². The Hall–Kier alpha value is -1.97. The van der Waals surface area contributed by atoms with E-state index >= 15 is 0 Å². The van der Waals surface area contributed by atoms with Crippen molar-refractivity contribution in [3.63, 3.8) is 0 Å². The molecule has 0 amide bonds. The first-order valence-electron chi connectivity index (χ1n) is 10.9. The van der Waals surface area contributed by atoms with Gasteiger partial charge in [-0.3, -0.25) is 0 Å². The Kier molecular flexibility index (Phi) is 11.9. The molecule has 2 aromatic rings. The number of halogens is 2. The molecule has 0 atom stereocenters. The van der Waals surface area contributed by atoms with Gasteiger partial charge in [-0.1, -0.05) is 12.1 Å². The molecule has 2 aromatic carbocycles. The Morgan fingerprint density at radius 1 is 1.06 bits per heavy atom. The lowest BCUT2D eigenvalue weighted by Gasteiger charge is -2.39. The van der Waals surface area contributed by atoms with E-state index in [9.17, 15) is 5.11 Å². The van der Waals surface area contributed by atoms with Crippen molar-refractivity contribution in [2.45, 2.75) is 38.2 Å². The molecule has 1 aliphatic heterocycles. The molecule has 0 unspecified atom stereocenters. The lowest BCUT2D eigenvalue weighted by molar-refractivity contribution is -0.0254. The fourth-order valence-corrected chi connectivity index (χ4v) is 3.94. The number of hydrogen-bond acceptors (Lipinski definition) is 5. The molecular weight excluding hydrogens is 445 g/mol. The summed E-state index contributed by atoms with van der Waals surface area (Å²) in [6, 6.07) is 18.1. The summed E-state index contributed by atoms with van der Waals surface area (Å²) in [4.78, 5) is 4.63. The summed E-state index contributed by atoms with van der Waals surface area (Å²) in [5, 5.41) is 19.9. The molecule has 1 fully saturated rings. The fraction of sp³-hybridized carbons (Fsp3) is 0.480. The molecule has 1 heterocycles. The van der Waals surface area contributed by atoms with E-state index in [1.807, 2.05) is 43.3 Å². The van der Waals surface area contributed by atoms with E-state index in [1.165, 1.54) is 5.56 Å². The molecule has 0 aliphatic carbocycles. The highest BCUT2D eigenvalue weighted by Crippen LogP contribution is 2.27. The predicted molar refractivity (Wildman–Crippen MR) is 135 cm³/mol. The zero-order chi connectivity index (χ0) is 21.4. The van der Waals surface area contributed by atoms with E-state index in [2.05, 4.69) is 35.0 Å². The highest BCUT2D eigenvalue weighted by atomic mass is 35.5. The quantitative estimate of drug-likeness (QED) is 0.564. The highest BCUT2D eigenvalue weighted by Gasteiger charge is 2.32. The summed E-state index contributed by atoms with van der Waals surface area (Å²) in [5.41, 5.74) is 2.52. The van der Waals surface area contributed by atoms with Gasteiger partial charge in [-0.15, -0.1) is 24.8 Å². The molecule has 7 heteroatoms. The third-order valence-electron chi connectivity index (χ3n) is 6.09. The molecule has 0 aromatic heterocycles. The van der Waals surface area contributed by atoms with Gasteiger partial charge in [0.15, 0.2) is 0 Å². The average Bonchev–Trinajstić information content (AvgIpc) is 2.78. The Morgan fingerprint density at radius 2 is 1.69 bits per heavy atom. The van der Waals surface area contributed by atoms with Crippen LogP contribution in [0.2, 0.25) is 0 Å². The number of rotatable bonds is 9. The second-order valence-electron chi connectivity index (χ2n) is 8.22. The Labute approximate surface area is 204 Å². The largest absolute Gasteiger partial charge is 0.494 e. The van der Waals surface area contributed by atoms with Gasteiger partial charge in [-0.25, -0.2) is 0 Å². The fourth-order valence-electron chi connectivity index (χ4n) is 3.94. The van der Waals surface area contributed by atoms with Gasteiger partial charge < -0.3 is 19.6 Å². The molecule has 1 N–H and O–H groups in total. The normalized spacial score (nSPS) is 15.1. The Bertz CT molecular complexity index is 830. The monoisotopic (exact) mass is 479 g/mol. The van der Waals surface area contributed by atoms with E-state index in [4.69, 9.17) is 10.00 Å². The van der Waals surface area contributed by atoms with Gasteiger partial charge >= 0.3 is 0 Å². The number of piperidine rings is 1. The van der Waals surface area contributed by atoms with Crippen molar-refractivity contribution >= 4 is 30.5 Å². The van der Waals surface area contributed by atoms with E-state index in [0.29, 0.717) is 12.2 Å². The zero-order valence-electron chi connectivity index (χ0n) is 19.0. The number of aliphatic hydroxyl groups is 1. The predicted octanol–water partition coefficient (Wildman–Crippen LogP) is 4.70. The summed E-state index contributed by atoms with van der Waals surface area (Å²) >= 11 is 0. The summed E-state index contributed by atoms with van der Waals surface area (Å²) in [6.07, 6.45) is 3.39. The summed E-state index contributed by atoms with van der Waals surface area (Å²) in [6.45, 7) is 6.34. The van der Waals surface area contributed by atoms with Crippen LogP contribution in [-0.2, 0) is 6.42 Å². The topological polar surface area (TPSA) is 59.7 Å². The molecular formula is C25H35Cl2N3O2. The first kappa shape index (κ1) is 28.1. The second-order valence-corrected chi connectivity index (χ2v) is 8.22. The number of likely N-dealkylation sites (tertiary alicyclic amines) is 1. The molecule has 1 saturated heterocycles. The van der Waals surface area contributed by atoms with Crippen LogP contribution in [0.1, 0.15) is 37.3 Å². The number of benzene rings is 2. The molecule has 0 radical (unpaired) electrons. The summed E-state index contributed by atoms with van der Waals surface area (Å²) in [7, 11) is 2.08. The maximum atomic E-state index is 11.0. The van der Waals surface area contributed by atoms with Crippen molar-refractivity contribution in [2.24, 2.45) is 0 Å². The average molecular weight is 480 g/mol. The standard InChI is InChI=1S/C25H33N3O2.2ClH/c1-3-30-24-10-8-23(9-11-24)27(2)17-13-25(29)14-18-28(19-15-25)16-12-21-4-6-22(20-26)7-5-21;;/h4-11,29H,3,12-19H2,1-2H3;2*1H. The number of hydrogen-bond donors (Lipinski definition) is 1. The van der Waals surface area contributed by atoms with Gasteiger partial charge in [0.25, 0.3) is 0 Å². The minimum atomic E-state index is -0.579. The van der Waals surface area contributed by atoms with Gasteiger partial charge in [-0.2, -0.15) is 5.26 Å². The van der Waals surface area contributed by atoms with Crippen LogP contribution in [0.5, 0.6) is 5.75 Å². The lowest BCUT2D eigenvalue weighted by Crippen LogP contribution is -2.46. The maximum absolute atomic E-state index is 11.0. The van der Waals surface area contributed by atoms with Gasteiger partial charge in [-0.05, 0) is 74.6 Å². The molecule has 5 nitrogen and oxygen atoms in total. The van der Waals surface area contributed by atoms with Crippen LogP contribution in [0.3, 0.4) is 0 Å². The van der Waals surface area contributed by atoms with E-state index in [0.717, 1.165) is 63.3 Å². The third kappa shape index (κ3) is 8.18. The minimum Gasteiger partial charge on any atom is -0.494 e. The molecule has 3 rings (SSSR count).